The van der Waals surface area contributed by atoms with Gasteiger partial charge in [0.1, 0.15) is 0 Å². The molecule has 130 valence electrons. The van der Waals surface area contributed by atoms with E-state index >= 15 is 0 Å². The van der Waals surface area contributed by atoms with Gasteiger partial charge < -0.3 is 14.8 Å². The Morgan fingerprint density at radius 2 is 2.12 bits per heavy atom. The van der Waals surface area contributed by atoms with Crippen LogP contribution in [0, 0.1) is 5.92 Å². The Morgan fingerprint density at radius 3 is 2.96 bits per heavy atom. The van der Waals surface area contributed by atoms with Crippen LogP contribution in [0.5, 0.6) is 0 Å². The van der Waals surface area contributed by atoms with Gasteiger partial charge in [-0.3, -0.25) is 9.59 Å². The summed E-state index contributed by atoms with van der Waals surface area (Å²) < 4.78 is 0. The Hall–Kier alpha value is -2.63. The van der Waals surface area contributed by atoms with Crippen LogP contribution < -0.4 is 0 Å². The highest BCUT2D eigenvalue weighted by Crippen LogP contribution is 2.23. The Kier molecular flexibility index (Phi) is 4.26. The van der Waals surface area contributed by atoms with Gasteiger partial charge in [-0.05, 0) is 12.0 Å². The molecule has 1 fully saturated rings. The van der Waals surface area contributed by atoms with Gasteiger partial charge in [-0.2, -0.15) is 0 Å². The molecule has 1 saturated heterocycles. The Balaban J connectivity index is 1.34. The fourth-order valence-electron chi connectivity index (χ4n) is 3.72. The normalized spacial score (nSPS) is 20.0. The summed E-state index contributed by atoms with van der Waals surface area (Å²) in [7, 11) is 0. The van der Waals surface area contributed by atoms with E-state index in [0.29, 0.717) is 32.6 Å². The number of carbonyl (C=O) groups excluding carboxylic acids is 2. The van der Waals surface area contributed by atoms with Crippen molar-refractivity contribution in [3.05, 3.63) is 53.6 Å². The number of aromatic nitrogens is 2. The summed E-state index contributed by atoms with van der Waals surface area (Å²) in [6.45, 7) is 2.47. The van der Waals surface area contributed by atoms with Gasteiger partial charge in [0, 0.05) is 32.5 Å². The van der Waals surface area contributed by atoms with Crippen LogP contribution in [0.25, 0.3) is 0 Å². The quantitative estimate of drug-likeness (QED) is 0.916. The van der Waals surface area contributed by atoms with Crippen molar-refractivity contribution in [3.63, 3.8) is 0 Å². The first kappa shape index (κ1) is 15.9. The average molecular weight is 338 g/mol. The van der Waals surface area contributed by atoms with Crippen molar-refractivity contribution in [2.45, 2.75) is 25.8 Å². The van der Waals surface area contributed by atoms with Crippen molar-refractivity contribution in [2.24, 2.45) is 5.92 Å². The molecule has 25 heavy (non-hydrogen) atoms. The van der Waals surface area contributed by atoms with Gasteiger partial charge in [-0.1, -0.05) is 30.3 Å². The molecule has 1 aromatic heterocycles. The van der Waals surface area contributed by atoms with E-state index in [1.54, 1.807) is 6.33 Å². The van der Waals surface area contributed by atoms with E-state index in [1.807, 2.05) is 28.0 Å². The SMILES string of the molecule is O=C1CC(C(=O)N2CCc3nc[nH]c3C2)CN1CCc1ccccc1. The van der Waals surface area contributed by atoms with Crippen LogP contribution in [0.4, 0.5) is 0 Å². The number of nitrogens with zero attached hydrogens (tertiary/aromatic N) is 3. The number of imidazole rings is 1. The highest BCUT2D eigenvalue weighted by Gasteiger charge is 2.37. The maximum absolute atomic E-state index is 12.8. The minimum atomic E-state index is -0.215. The molecule has 3 heterocycles. The highest BCUT2D eigenvalue weighted by molar-refractivity contribution is 5.89. The fourth-order valence-corrected chi connectivity index (χ4v) is 3.72. The zero-order chi connectivity index (χ0) is 17.2. The Morgan fingerprint density at radius 1 is 1.28 bits per heavy atom. The molecule has 0 aliphatic carbocycles. The Bertz CT molecular complexity index is 771. The summed E-state index contributed by atoms with van der Waals surface area (Å²) in [5.41, 5.74) is 3.29. The van der Waals surface area contributed by atoms with Crippen LogP contribution in [-0.4, -0.2) is 51.2 Å². The maximum atomic E-state index is 12.8. The van der Waals surface area contributed by atoms with Crippen LogP contribution in [0.15, 0.2) is 36.7 Å². The number of aromatic amines is 1. The van der Waals surface area contributed by atoms with Crippen LogP contribution >= 0.6 is 0 Å². The van der Waals surface area contributed by atoms with Gasteiger partial charge in [0.2, 0.25) is 11.8 Å². The minimum absolute atomic E-state index is 0.0912. The number of benzene rings is 1. The van der Waals surface area contributed by atoms with Gasteiger partial charge in [-0.25, -0.2) is 4.98 Å². The van der Waals surface area contributed by atoms with Crippen molar-refractivity contribution in [1.82, 2.24) is 19.8 Å². The molecular weight excluding hydrogens is 316 g/mol. The number of nitrogens with one attached hydrogen (secondary N) is 1. The first-order valence-corrected chi connectivity index (χ1v) is 8.82. The molecule has 1 aromatic carbocycles. The van der Waals surface area contributed by atoms with E-state index in [-0.39, 0.29) is 17.7 Å². The van der Waals surface area contributed by atoms with Gasteiger partial charge >= 0.3 is 0 Å². The second kappa shape index (κ2) is 6.70. The van der Waals surface area contributed by atoms with E-state index in [0.717, 1.165) is 24.2 Å². The smallest absolute Gasteiger partial charge is 0.228 e. The Labute approximate surface area is 146 Å². The standard InChI is InChI=1S/C19H22N4O2/c24-18-10-15(11-22(18)8-6-14-4-2-1-3-5-14)19(25)23-9-7-16-17(12-23)21-13-20-16/h1-5,13,15H,6-12H2,(H,20,21). The van der Waals surface area contributed by atoms with Crippen molar-refractivity contribution < 1.29 is 9.59 Å². The van der Waals surface area contributed by atoms with Crippen molar-refractivity contribution in [2.75, 3.05) is 19.6 Å². The lowest BCUT2D eigenvalue weighted by atomic mass is 10.0. The highest BCUT2D eigenvalue weighted by atomic mass is 16.2. The molecule has 0 radical (unpaired) electrons. The predicted octanol–water partition coefficient (Wildman–Crippen LogP) is 1.39. The minimum Gasteiger partial charge on any atom is -0.347 e. The molecule has 6 heteroatoms. The fraction of sp³-hybridized carbons (Fsp3) is 0.421. The van der Waals surface area contributed by atoms with Crippen LogP contribution in [0.1, 0.15) is 23.4 Å². The monoisotopic (exact) mass is 338 g/mol. The number of H-pyrrole nitrogens is 1. The van der Waals surface area contributed by atoms with Gasteiger partial charge in [0.25, 0.3) is 0 Å². The van der Waals surface area contributed by atoms with Crippen molar-refractivity contribution >= 4 is 11.8 Å². The molecule has 4 rings (SSSR count). The third-order valence-corrected chi connectivity index (χ3v) is 5.16. The molecule has 0 bridgehead atoms. The third kappa shape index (κ3) is 3.29. The topological polar surface area (TPSA) is 69.3 Å². The van der Waals surface area contributed by atoms with Crippen LogP contribution in [0.2, 0.25) is 0 Å². The molecular formula is C19H22N4O2. The van der Waals surface area contributed by atoms with Gasteiger partial charge in [-0.15, -0.1) is 0 Å². The predicted molar refractivity (Wildman–Crippen MR) is 92.5 cm³/mol. The number of carbonyl (C=O) groups is 2. The molecule has 1 N–H and O–H groups in total. The first-order valence-electron chi connectivity index (χ1n) is 8.82. The number of amides is 2. The van der Waals surface area contributed by atoms with E-state index in [9.17, 15) is 9.59 Å². The molecule has 2 amide bonds. The molecule has 6 nitrogen and oxygen atoms in total. The van der Waals surface area contributed by atoms with Crippen molar-refractivity contribution in [1.29, 1.82) is 0 Å². The molecule has 1 unspecified atom stereocenters. The summed E-state index contributed by atoms with van der Waals surface area (Å²) in [6, 6.07) is 10.1. The number of likely N-dealkylation sites (tertiary alicyclic amines) is 1. The molecule has 1 atom stereocenters. The summed E-state index contributed by atoms with van der Waals surface area (Å²) in [6.07, 6.45) is 3.63. The molecule has 0 spiro atoms. The summed E-state index contributed by atoms with van der Waals surface area (Å²) in [4.78, 5) is 36.2. The summed E-state index contributed by atoms with van der Waals surface area (Å²) in [5.74, 6) is -0.0305. The molecule has 2 aromatic rings. The van der Waals surface area contributed by atoms with Crippen LogP contribution in [0.3, 0.4) is 0 Å². The number of hydrogen-bond acceptors (Lipinski definition) is 3. The van der Waals surface area contributed by atoms with E-state index in [4.69, 9.17) is 0 Å². The van der Waals surface area contributed by atoms with E-state index in [2.05, 4.69) is 22.1 Å². The lowest BCUT2D eigenvalue weighted by Crippen LogP contribution is -2.40. The lowest BCUT2D eigenvalue weighted by Gasteiger charge is -2.28. The van der Waals surface area contributed by atoms with Gasteiger partial charge in [0.15, 0.2) is 0 Å². The van der Waals surface area contributed by atoms with Gasteiger partial charge in [0.05, 0.1) is 30.2 Å². The number of rotatable bonds is 4. The largest absolute Gasteiger partial charge is 0.347 e. The van der Waals surface area contributed by atoms with Crippen LogP contribution in [-0.2, 0) is 29.0 Å². The second-order valence-corrected chi connectivity index (χ2v) is 6.81. The van der Waals surface area contributed by atoms with E-state index < -0.39 is 0 Å². The first-order chi connectivity index (χ1) is 12.2. The zero-order valence-corrected chi connectivity index (χ0v) is 14.1. The zero-order valence-electron chi connectivity index (χ0n) is 14.1. The van der Waals surface area contributed by atoms with E-state index in [1.165, 1.54) is 5.56 Å². The number of fused-ring (bicyclic) bond motifs is 1. The summed E-state index contributed by atoms with van der Waals surface area (Å²) in [5, 5.41) is 0. The number of hydrogen-bond donors (Lipinski definition) is 1. The molecule has 2 aliphatic rings. The lowest BCUT2D eigenvalue weighted by molar-refractivity contribution is -0.136. The molecule has 2 aliphatic heterocycles. The maximum Gasteiger partial charge on any atom is 0.228 e. The summed E-state index contributed by atoms with van der Waals surface area (Å²) >= 11 is 0. The third-order valence-electron chi connectivity index (χ3n) is 5.16. The second-order valence-electron chi connectivity index (χ2n) is 6.81. The average Bonchev–Trinajstić information content (AvgIpc) is 3.26. The molecule has 0 saturated carbocycles. The van der Waals surface area contributed by atoms with Crippen molar-refractivity contribution in [3.8, 4) is 0 Å².